The zero-order chi connectivity index (χ0) is 20.7. The van der Waals surface area contributed by atoms with Gasteiger partial charge in [0.2, 0.25) is 5.91 Å². The Kier molecular flexibility index (Phi) is 3.98. The van der Waals surface area contributed by atoms with Crippen LogP contribution in [0.1, 0.15) is 49.8 Å². The lowest BCUT2D eigenvalue weighted by Crippen LogP contribution is -2.52. The number of hydrogen-bond acceptors (Lipinski definition) is 4. The van der Waals surface area contributed by atoms with Gasteiger partial charge in [0.1, 0.15) is 5.82 Å². The summed E-state index contributed by atoms with van der Waals surface area (Å²) in [5.74, 6) is 2.34. The van der Waals surface area contributed by atoms with Crippen LogP contribution in [0.15, 0.2) is 24.3 Å². The molecule has 5 aliphatic rings. The number of sulfone groups is 1. The van der Waals surface area contributed by atoms with Gasteiger partial charge in [-0.25, -0.2) is 13.1 Å². The number of anilines is 1. The molecule has 30 heavy (non-hydrogen) atoms. The fraction of sp³-hybridized carbons (Fsp3) is 0.545. The quantitative estimate of drug-likeness (QED) is 0.770. The predicted octanol–water partition coefficient (Wildman–Crippen LogP) is 4.11. The summed E-state index contributed by atoms with van der Waals surface area (Å²) in [6, 6.07) is 7.24. The first kappa shape index (κ1) is 18.9. The van der Waals surface area contributed by atoms with Gasteiger partial charge in [-0.1, -0.05) is 17.7 Å². The van der Waals surface area contributed by atoms with E-state index in [0.717, 1.165) is 24.9 Å². The number of halogens is 1. The number of amides is 1. The number of carbonyl (C=O) groups is 1. The number of nitrogens with zero attached hydrogens (tertiary/aromatic N) is 2. The van der Waals surface area contributed by atoms with Gasteiger partial charge in [0.25, 0.3) is 0 Å². The number of hydrogen-bond donors (Lipinski definition) is 1. The maximum Gasteiger partial charge on any atom is 0.231 e. The molecule has 1 aliphatic heterocycles. The van der Waals surface area contributed by atoms with Crippen molar-refractivity contribution >= 4 is 33.2 Å². The molecular formula is C22H24ClN3O3S. The number of benzene rings is 1. The topological polar surface area (TPSA) is 81.1 Å². The van der Waals surface area contributed by atoms with E-state index in [1.807, 2.05) is 12.1 Å². The molecule has 1 aromatic heterocycles. The maximum atomic E-state index is 13.6. The highest BCUT2D eigenvalue weighted by molar-refractivity contribution is 7.90. The van der Waals surface area contributed by atoms with Crippen LogP contribution in [-0.2, 0) is 26.1 Å². The molecule has 8 heteroatoms. The van der Waals surface area contributed by atoms with Crippen molar-refractivity contribution < 1.29 is 13.2 Å². The fourth-order valence-electron chi connectivity index (χ4n) is 6.79. The summed E-state index contributed by atoms with van der Waals surface area (Å²) in [4.78, 5) is 13.6. The van der Waals surface area contributed by atoms with E-state index >= 15 is 0 Å². The van der Waals surface area contributed by atoms with Crippen LogP contribution in [0, 0.1) is 23.2 Å². The molecule has 0 unspecified atom stereocenters. The molecule has 0 saturated heterocycles. The maximum absolute atomic E-state index is 13.6. The molecule has 0 radical (unpaired) electrons. The molecule has 158 valence electrons. The second-order valence-corrected chi connectivity index (χ2v) is 12.4. The van der Waals surface area contributed by atoms with Crippen LogP contribution >= 0.6 is 11.6 Å². The highest BCUT2D eigenvalue weighted by Crippen LogP contribution is 2.60. The highest BCUT2D eigenvalue weighted by Gasteiger charge is 2.55. The average Bonchev–Trinajstić information content (AvgIpc) is 3.13. The number of carbonyl (C=O) groups excluding carboxylic acids is 1. The lowest BCUT2D eigenvalue weighted by atomic mass is 9.49. The Morgan fingerprint density at radius 1 is 1.10 bits per heavy atom. The predicted molar refractivity (Wildman–Crippen MR) is 114 cm³/mol. The second-order valence-electron chi connectivity index (χ2n) is 9.85. The van der Waals surface area contributed by atoms with Crippen molar-refractivity contribution in [3.05, 3.63) is 40.5 Å². The molecule has 4 saturated carbocycles. The van der Waals surface area contributed by atoms with E-state index in [-0.39, 0.29) is 22.8 Å². The summed E-state index contributed by atoms with van der Waals surface area (Å²) in [6.45, 7) is 0. The first-order valence-corrected chi connectivity index (χ1v) is 12.9. The minimum absolute atomic E-state index is 0.0388. The van der Waals surface area contributed by atoms with Crippen molar-refractivity contribution in [2.75, 3.05) is 5.32 Å². The van der Waals surface area contributed by atoms with E-state index in [1.54, 1.807) is 16.8 Å². The summed E-state index contributed by atoms with van der Waals surface area (Å²) in [6.07, 6.45) is 6.66. The Morgan fingerprint density at radius 2 is 1.77 bits per heavy atom. The van der Waals surface area contributed by atoms with Gasteiger partial charge in [0.05, 0.1) is 28.3 Å². The standard InChI is InChI=1S/C22H24ClN3O3S/c23-16-2-1-3-17(7-16)26-20(18-11-30(28,29)12-19(18)25-26)24-21(27)22-8-13-4-14(9-22)6-15(5-13)10-22/h1-3,7,13-15H,4-6,8-12H2,(H,24,27). The van der Waals surface area contributed by atoms with Crippen LogP contribution in [-0.4, -0.2) is 24.1 Å². The molecule has 2 heterocycles. The average molecular weight is 446 g/mol. The van der Waals surface area contributed by atoms with Crippen molar-refractivity contribution in [2.45, 2.75) is 50.0 Å². The largest absolute Gasteiger partial charge is 0.310 e. The van der Waals surface area contributed by atoms with Crippen molar-refractivity contribution in [2.24, 2.45) is 23.2 Å². The van der Waals surface area contributed by atoms with Crippen molar-refractivity contribution in [1.82, 2.24) is 9.78 Å². The van der Waals surface area contributed by atoms with Gasteiger partial charge in [-0.3, -0.25) is 4.79 Å². The first-order valence-electron chi connectivity index (χ1n) is 10.7. The van der Waals surface area contributed by atoms with Crippen molar-refractivity contribution in [3.8, 4) is 5.69 Å². The zero-order valence-electron chi connectivity index (χ0n) is 16.6. The lowest BCUT2D eigenvalue weighted by molar-refractivity contribution is -0.140. The molecule has 4 fully saturated rings. The van der Waals surface area contributed by atoms with Crippen LogP contribution in [0.25, 0.3) is 5.69 Å². The van der Waals surface area contributed by atoms with Gasteiger partial charge < -0.3 is 5.32 Å². The lowest BCUT2D eigenvalue weighted by Gasteiger charge is -2.55. The van der Waals surface area contributed by atoms with Crippen molar-refractivity contribution in [3.63, 3.8) is 0 Å². The van der Waals surface area contributed by atoms with Crippen LogP contribution in [0.2, 0.25) is 5.02 Å². The van der Waals surface area contributed by atoms with Gasteiger partial charge in [0.15, 0.2) is 9.84 Å². The normalized spacial score (nSPS) is 32.9. The molecule has 4 bridgehead atoms. The molecule has 0 atom stereocenters. The molecule has 1 amide bonds. The Balaban J connectivity index is 1.40. The number of aromatic nitrogens is 2. The monoisotopic (exact) mass is 445 g/mol. The minimum Gasteiger partial charge on any atom is -0.310 e. The van der Waals surface area contributed by atoms with E-state index < -0.39 is 9.84 Å². The molecular weight excluding hydrogens is 422 g/mol. The fourth-order valence-corrected chi connectivity index (χ4v) is 8.47. The first-order chi connectivity index (χ1) is 14.3. The summed E-state index contributed by atoms with van der Waals surface area (Å²) < 4.78 is 26.1. The van der Waals surface area contributed by atoms with Gasteiger partial charge in [-0.15, -0.1) is 0 Å². The third kappa shape index (κ3) is 2.93. The molecule has 1 aromatic carbocycles. The summed E-state index contributed by atoms with van der Waals surface area (Å²) in [7, 11) is -3.23. The molecule has 6 nitrogen and oxygen atoms in total. The number of nitrogens with one attached hydrogen (secondary N) is 1. The van der Waals surface area contributed by atoms with Crippen LogP contribution in [0.3, 0.4) is 0 Å². The molecule has 7 rings (SSSR count). The van der Waals surface area contributed by atoms with E-state index in [2.05, 4.69) is 10.4 Å². The SMILES string of the molecule is O=C(Nc1c2c(nn1-c1cccc(Cl)c1)CS(=O)(=O)C2)C12CC3CC(CC(C3)C1)C2. The van der Waals surface area contributed by atoms with E-state index in [0.29, 0.717) is 39.9 Å². The van der Waals surface area contributed by atoms with Crippen LogP contribution in [0.5, 0.6) is 0 Å². The van der Waals surface area contributed by atoms with Gasteiger partial charge in [0, 0.05) is 10.6 Å². The smallest absolute Gasteiger partial charge is 0.231 e. The third-order valence-electron chi connectivity index (χ3n) is 7.59. The van der Waals surface area contributed by atoms with E-state index in [1.165, 1.54) is 19.3 Å². The van der Waals surface area contributed by atoms with Gasteiger partial charge in [-0.2, -0.15) is 5.10 Å². The molecule has 2 aromatic rings. The number of fused-ring (bicyclic) bond motifs is 1. The third-order valence-corrected chi connectivity index (χ3v) is 9.27. The van der Waals surface area contributed by atoms with Crippen LogP contribution in [0.4, 0.5) is 5.82 Å². The minimum atomic E-state index is -3.23. The Labute approximate surface area is 180 Å². The number of rotatable bonds is 3. The van der Waals surface area contributed by atoms with Gasteiger partial charge >= 0.3 is 0 Å². The highest BCUT2D eigenvalue weighted by atomic mass is 35.5. The summed E-state index contributed by atoms with van der Waals surface area (Å²) in [5.41, 5.74) is 1.54. The van der Waals surface area contributed by atoms with Gasteiger partial charge in [-0.05, 0) is 74.5 Å². The van der Waals surface area contributed by atoms with E-state index in [9.17, 15) is 13.2 Å². The van der Waals surface area contributed by atoms with E-state index in [4.69, 9.17) is 11.6 Å². The van der Waals surface area contributed by atoms with Crippen molar-refractivity contribution in [1.29, 1.82) is 0 Å². The molecule has 4 aliphatic carbocycles. The Hall–Kier alpha value is -1.86. The second kappa shape index (κ2) is 6.33. The summed E-state index contributed by atoms with van der Waals surface area (Å²) in [5, 5.41) is 8.28. The van der Waals surface area contributed by atoms with Crippen LogP contribution < -0.4 is 5.32 Å². The Bertz CT molecular complexity index is 1140. The molecule has 0 spiro atoms. The molecule has 1 N–H and O–H groups in total. The Morgan fingerprint density at radius 3 is 2.40 bits per heavy atom. The zero-order valence-corrected chi connectivity index (χ0v) is 18.2. The summed E-state index contributed by atoms with van der Waals surface area (Å²) >= 11 is 6.18.